The van der Waals surface area contributed by atoms with Gasteiger partial charge in [0.25, 0.3) is 5.91 Å². The Morgan fingerprint density at radius 1 is 0.909 bits per heavy atom. The number of amides is 1. The molecular formula is C25H19N3O4S. The quantitative estimate of drug-likeness (QED) is 0.342. The van der Waals surface area contributed by atoms with E-state index in [2.05, 4.69) is 15.5 Å². The summed E-state index contributed by atoms with van der Waals surface area (Å²) < 4.78 is 17.1. The number of nitrogens with zero attached hydrogens (tertiary/aromatic N) is 2. The topological polar surface area (TPSA) is 86.5 Å². The van der Waals surface area contributed by atoms with Gasteiger partial charge in [0.2, 0.25) is 0 Å². The van der Waals surface area contributed by atoms with Crippen molar-refractivity contribution in [2.24, 2.45) is 0 Å². The molecule has 3 aromatic carbocycles. The highest BCUT2D eigenvalue weighted by molar-refractivity contribution is 7.21. The molecule has 5 rings (SSSR count). The fourth-order valence-electron chi connectivity index (χ4n) is 3.43. The Kier molecular flexibility index (Phi) is 5.50. The summed E-state index contributed by atoms with van der Waals surface area (Å²) in [6.45, 7) is 0. The molecule has 0 radical (unpaired) electrons. The molecule has 8 heteroatoms. The van der Waals surface area contributed by atoms with E-state index < -0.39 is 0 Å². The first-order valence-electron chi connectivity index (χ1n) is 10.1. The number of thiazole rings is 1. The van der Waals surface area contributed by atoms with Crippen LogP contribution in [0.4, 0.5) is 5.69 Å². The first-order chi connectivity index (χ1) is 16.1. The first-order valence-corrected chi connectivity index (χ1v) is 10.9. The number of para-hydroxylation sites is 1. The lowest BCUT2D eigenvalue weighted by atomic mass is 10.1. The van der Waals surface area contributed by atoms with E-state index in [1.165, 1.54) is 0 Å². The number of carbonyl (C=O) groups excluding carboxylic acids is 1. The van der Waals surface area contributed by atoms with Crippen molar-refractivity contribution < 1.29 is 18.8 Å². The van der Waals surface area contributed by atoms with Gasteiger partial charge in [0.15, 0.2) is 23.0 Å². The second-order valence-electron chi connectivity index (χ2n) is 7.17. The average molecular weight is 458 g/mol. The number of benzene rings is 3. The van der Waals surface area contributed by atoms with Gasteiger partial charge in [-0.1, -0.05) is 29.4 Å². The van der Waals surface area contributed by atoms with E-state index in [1.54, 1.807) is 43.8 Å². The Labute approximate surface area is 193 Å². The first kappa shape index (κ1) is 20.7. The van der Waals surface area contributed by atoms with Crippen molar-refractivity contribution in [2.45, 2.75) is 0 Å². The molecule has 2 heterocycles. The summed E-state index contributed by atoms with van der Waals surface area (Å²) in [6, 6.07) is 22.5. The summed E-state index contributed by atoms with van der Waals surface area (Å²) in [7, 11) is 3.13. The van der Waals surface area contributed by atoms with Crippen LogP contribution in [-0.2, 0) is 0 Å². The number of nitrogens with one attached hydrogen (secondary N) is 1. The molecule has 1 amide bonds. The van der Waals surface area contributed by atoms with Crippen LogP contribution in [-0.4, -0.2) is 30.3 Å². The number of carbonyl (C=O) groups is 1. The van der Waals surface area contributed by atoms with E-state index in [-0.39, 0.29) is 11.6 Å². The summed E-state index contributed by atoms with van der Waals surface area (Å²) >= 11 is 1.61. The number of aromatic nitrogens is 2. The number of rotatable bonds is 6. The minimum absolute atomic E-state index is 0.171. The maximum absolute atomic E-state index is 12.8. The highest BCUT2D eigenvalue weighted by Crippen LogP contribution is 2.33. The molecule has 0 aliphatic carbocycles. The van der Waals surface area contributed by atoms with Gasteiger partial charge in [-0.3, -0.25) is 4.79 Å². The molecular weight excluding hydrogens is 438 g/mol. The van der Waals surface area contributed by atoms with Crippen LogP contribution in [0.15, 0.2) is 77.3 Å². The van der Waals surface area contributed by atoms with Gasteiger partial charge >= 0.3 is 0 Å². The molecule has 0 fully saturated rings. The van der Waals surface area contributed by atoms with E-state index in [0.29, 0.717) is 22.9 Å². The number of anilines is 1. The molecule has 0 atom stereocenters. The fraction of sp³-hybridized carbons (Fsp3) is 0.0800. The molecule has 33 heavy (non-hydrogen) atoms. The summed E-state index contributed by atoms with van der Waals surface area (Å²) in [5.41, 5.74) is 3.42. The van der Waals surface area contributed by atoms with Crippen LogP contribution in [0.2, 0.25) is 0 Å². The van der Waals surface area contributed by atoms with Crippen LogP contribution in [0, 0.1) is 0 Å². The lowest BCUT2D eigenvalue weighted by Gasteiger charge is -2.07. The highest BCUT2D eigenvalue weighted by Gasteiger charge is 2.16. The summed E-state index contributed by atoms with van der Waals surface area (Å²) in [5.74, 6) is 1.24. The largest absolute Gasteiger partial charge is 0.493 e. The van der Waals surface area contributed by atoms with E-state index in [9.17, 15) is 4.79 Å². The third-order valence-electron chi connectivity index (χ3n) is 5.07. The van der Waals surface area contributed by atoms with Crippen LogP contribution >= 0.6 is 11.3 Å². The maximum atomic E-state index is 12.8. The van der Waals surface area contributed by atoms with Crippen LogP contribution < -0.4 is 14.8 Å². The second-order valence-corrected chi connectivity index (χ2v) is 8.20. The Morgan fingerprint density at radius 3 is 2.58 bits per heavy atom. The number of fused-ring (bicyclic) bond motifs is 1. The van der Waals surface area contributed by atoms with Gasteiger partial charge in [-0.05, 0) is 42.5 Å². The Bertz CT molecular complexity index is 1420. The molecule has 164 valence electrons. The van der Waals surface area contributed by atoms with Gasteiger partial charge in [-0.15, -0.1) is 11.3 Å². The van der Waals surface area contributed by atoms with Crippen molar-refractivity contribution in [3.05, 3.63) is 78.5 Å². The lowest BCUT2D eigenvalue weighted by Crippen LogP contribution is -2.12. The van der Waals surface area contributed by atoms with E-state index in [0.717, 1.165) is 26.4 Å². The third-order valence-corrected chi connectivity index (χ3v) is 6.16. The van der Waals surface area contributed by atoms with Gasteiger partial charge < -0.3 is 19.3 Å². The average Bonchev–Trinajstić information content (AvgIpc) is 3.51. The van der Waals surface area contributed by atoms with Gasteiger partial charge in [0, 0.05) is 22.9 Å². The monoisotopic (exact) mass is 457 g/mol. The summed E-state index contributed by atoms with van der Waals surface area (Å²) in [4.78, 5) is 17.5. The van der Waals surface area contributed by atoms with Crippen LogP contribution in [0.1, 0.15) is 10.5 Å². The van der Waals surface area contributed by atoms with Crippen molar-refractivity contribution in [3.63, 3.8) is 0 Å². The molecule has 0 unspecified atom stereocenters. The molecule has 0 bridgehead atoms. The number of ether oxygens (including phenoxy) is 2. The van der Waals surface area contributed by atoms with Crippen LogP contribution in [0.5, 0.6) is 11.5 Å². The SMILES string of the molecule is COc1ccc(-c2cc(C(=O)Nc3cccc(-c4nc5ccccc5s4)c3)no2)cc1OC. The zero-order valence-electron chi connectivity index (χ0n) is 17.9. The smallest absolute Gasteiger partial charge is 0.277 e. The molecule has 7 nitrogen and oxygen atoms in total. The fourth-order valence-corrected chi connectivity index (χ4v) is 4.39. The van der Waals surface area contributed by atoms with Crippen molar-refractivity contribution in [3.8, 4) is 33.4 Å². The molecule has 0 saturated heterocycles. The molecule has 5 aromatic rings. The van der Waals surface area contributed by atoms with E-state index >= 15 is 0 Å². The minimum atomic E-state index is -0.369. The molecule has 0 aliphatic heterocycles. The number of methoxy groups -OCH3 is 2. The van der Waals surface area contributed by atoms with E-state index in [1.807, 2.05) is 54.6 Å². The van der Waals surface area contributed by atoms with Crippen molar-refractivity contribution in [1.29, 1.82) is 0 Å². The van der Waals surface area contributed by atoms with Crippen LogP contribution in [0.3, 0.4) is 0 Å². The van der Waals surface area contributed by atoms with Crippen molar-refractivity contribution in [2.75, 3.05) is 19.5 Å². The zero-order valence-corrected chi connectivity index (χ0v) is 18.7. The Hall–Kier alpha value is -4.17. The molecule has 1 N–H and O–H groups in total. The standard InChI is InChI=1S/C25H19N3O4S/c1-30-20-11-10-15(13-22(20)31-2)21-14-19(28-32-21)24(29)26-17-7-5-6-16(12-17)25-27-18-8-3-4-9-23(18)33-25/h3-14H,1-2H3,(H,26,29). The van der Waals surface area contributed by atoms with Crippen molar-refractivity contribution in [1.82, 2.24) is 10.1 Å². The third kappa shape index (κ3) is 4.16. The number of hydrogen-bond donors (Lipinski definition) is 1. The molecule has 0 aliphatic rings. The Balaban J connectivity index is 1.35. The lowest BCUT2D eigenvalue weighted by molar-refractivity contribution is 0.101. The number of hydrogen-bond acceptors (Lipinski definition) is 7. The summed E-state index contributed by atoms with van der Waals surface area (Å²) in [5, 5.41) is 7.70. The van der Waals surface area contributed by atoms with Gasteiger partial charge in [-0.25, -0.2) is 4.98 Å². The zero-order chi connectivity index (χ0) is 22.8. The predicted molar refractivity (Wildman–Crippen MR) is 128 cm³/mol. The molecule has 0 spiro atoms. The summed E-state index contributed by atoms with van der Waals surface area (Å²) in [6.07, 6.45) is 0. The predicted octanol–water partition coefficient (Wildman–Crippen LogP) is 5.89. The van der Waals surface area contributed by atoms with Crippen LogP contribution in [0.25, 0.3) is 32.1 Å². The maximum Gasteiger partial charge on any atom is 0.277 e. The molecule has 0 saturated carbocycles. The van der Waals surface area contributed by atoms with Gasteiger partial charge in [0.1, 0.15) is 5.01 Å². The Morgan fingerprint density at radius 2 is 1.76 bits per heavy atom. The highest BCUT2D eigenvalue weighted by atomic mass is 32.1. The van der Waals surface area contributed by atoms with E-state index in [4.69, 9.17) is 14.0 Å². The van der Waals surface area contributed by atoms with Gasteiger partial charge in [0.05, 0.1) is 24.4 Å². The van der Waals surface area contributed by atoms with Gasteiger partial charge in [-0.2, -0.15) is 0 Å². The second kappa shape index (κ2) is 8.76. The van der Waals surface area contributed by atoms with Crippen molar-refractivity contribution >= 4 is 33.1 Å². The molecule has 2 aromatic heterocycles. The normalized spacial score (nSPS) is 10.8. The minimum Gasteiger partial charge on any atom is -0.493 e.